The number of para-hydroxylation sites is 1. The fraction of sp³-hybridized carbons (Fsp3) is 0.214. The van der Waals surface area contributed by atoms with Gasteiger partial charge in [-0.15, -0.1) is 12.3 Å². The summed E-state index contributed by atoms with van der Waals surface area (Å²) in [4.78, 5) is 4.55. The van der Waals surface area contributed by atoms with Gasteiger partial charge >= 0.3 is 0 Å². The van der Waals surface area contributed by atoms with Crippen molar-refractivity contribution in [2.75, 3.05) is 0 Å². The monoisotopic (exact) mass is 229 g/mol. The van der Waals surface area contributed by atoms with Crippen molar-refractivity contribution in [2.45, 2.75) is 19.3 Å². The second-order valence-corrected chi connectivity index (χ2v) is 4.08. The molecule has 1 nitrogen and oxygen atoms in total. The maximum atomic E-state index is 6.19. The van der Waals surface area contributed by atoms with Crippen LogP contribution in [0.1, 0.15) is 18.5 Å². The van der Waals surface area contributed by atoms with Crippen molar-refractivity contribution in [3.05, 3.63) is 41.0 Å². The lowest BCUT2D eigenvalue weighted by atomic mass is 10.1. The molecule has 0 spiro atoms. The summed E-state index contributed by atoms with van der Waals surface area (Å²) in [6.07, 6.45) is 7.84. The number of fused-ring (bicyclic) bond motifs is 1. The van der Waals surface area contributed by atoms with Crippen LogP contribution >= 0.6 is 11.6 Å². The largest absolute Gasteiger partial charge is 0.253 e. The Balaban J connectivity index is 2.31. The van der Waals surface area contributed by atoms with Gasteiger partial charge in [-0.25, -0.2) is 0 Å². The molecule has 0 atom stereocenters. The molecule has 0 amide bonds. The van der Waals surface area contributed by atoms with Crippen LogP contribution in [-0.4, -0.2) is 4.98 Å². The minimum absolute atomic E-state index is 0.765. The lowest BCUT2D eigenvalue weighted by Gasteiger charge is -2.04. The average Bonchev–Trinajstić information content (AvgIpc) is 2.30. The molecule has 0 radical (unpaired) electrons. The van der Waals surface area contributed by atoms with E-state index in [1.165, 1.54) is 0 Å². The first kappa shape index (κ1) is 11.0. The predicted octanol–water partition coefficient (Wildman–Crippen LogP) is 3.84. The average molecular weight is 230 g/mol. The fourth-order valence-corrected chi connectivity index (χ4v) is 1.97. The number of terminal acetylenes is 1. The summed E-state index contributed by atoms with van der Waals surface area (Å²) in [5.74, 6) is 2.63. The van der Waals surface area contributed by atoms with Crippen LogP contribution in [0.15, 0.2) is 30.3 Å². The summed E-state index contributed by atoms with van der Waals surface area (Å²) < 4.78 is 0. The number of aryl methyl sites for hydroxylation is 1. The molecule has 0 bridgehead atoms. The zero-order chi connectivity index (χ0) is 11.4. The summed E-state index contributed by atoms with van der Waals surface area (Å²) in [6, 6.07) is 9.83. The maximum Gasteiger partial charge on any atom is 0.0720 e. The number of hydrogen-bond acceptors (Lipinski definition) is 1. The number of unbranched alkanes of at least 4 members (excludes halogenated alkanes) is 1. The first-order valence-corrected chi connectivity index (χ1v) is 5.66. The number of benzene rings is 1. The van der Waals surface area contributed by atoms with E-state index < -0.39 is 0 Å². The van der Waals surface area contributed by atoms with Gasteiger partial charge < -0.3 is 0 Å². The van der Waals surface area contributed by atoms with Crippen molar-refractivity contribution in [3.63, 3.8) is 0 Å². The third kappa shape index (κ3) is 2.35. The number of aromatic nitrogens is 1. The van der Waals surface area contributed by atoms with Gasteiger partial charge in [-0.2, -0.15) is 0 Å². The van der Waals surface area contributed by atoms with E-state index in [1.807, 2.05) is 30.3 Å². The Morgan fingerprint density at radius 1 is 1.31 bits per heavy atom. The van der Waals surface area contributed by atoms with Crippen molar-refractivity contribution >= 4 is 22.5 Å². The van der Waals surface area contributed by atoms with Gasteiger partial charge in [0.15, 0.2) is 0 Å². The molecule has 0 aliphatic carbocycles. The minimum atomic E-state index is 0.765. The van der Waals surface area contributed by atoms with Gasteiger partial charge in [-0.05, 0) is 25.0 Å². The van der Waals surface area contributed by atoms with Crippen molar-refractivity contribution in [2.24, 2.45) is 0 Å². The topological polar surface area (TPSA) is 12.9 Å². The standard InChI is InChI=1S/C14H12ClN/c1-2-3-4-7-11-10-13(15)12-8-5-6-9-14(12)16-11/h1,5-6,8-10H,3-4,7H2. The Morgan fingerprint density at radius 2 is 2.12 bits per heavy atom. The second kappa shape index (κ2) is 5.01. The molecule has 0 aliphatic heterocycles. The molecule has 2 aromatic rings. The predicted molar refractivity (Wildman–Crippen MR) is 68.5 cm³/mol. The summed E-state index contributed by atoms with van der Waals surface area (Å²) >= 11 is 6.19. The molecular weight excluding hydrogens is 218 g/mol. The van der Waals surface area contributed by atoms with Crippen molar-refractivity contribution in [1.29, 1.82) is 0 Å². The number of nitrogens with zero attached hydrogens (tertiary/aromatic N) is 1. The van der Waals surface area contributed by atoms with E-state index in [-0.39, 0.29) is 0 Å². The van der Waals surface area contributed by atoms with E-state index >= 15 is 0 Å². The van der Waals surface area contributed by atoms with E-state index in [0.717, 1.165) is 40.9 Å². The molecule has 0 saturated heterocycles. The highest BCUT2D eigenvalue weighted by Crippen LogP contribution is 2.23. The Bertz CT molecular complexity index is 540. The highest BCUT2D eigenvalue weighted by atomic mass is 35.5. The van der Waals surface area contributed by atoms with Gasteiger partial charge in [0.05, 0.1) is 10.5 Å². The number of halogens is 1. The normalized spacial score (nSPS) is 10.2. The summed E-state index contributed by atoms with van der Waals surface area (Å²) in [6.45, 7) is 0. The van der Waals surface area contributed by atoms with E-state index in [0.29, 0.717) is 0 Å². The van der Waals surface area contributed by atoms with Gasteiger partial charge in [0.1, 0.15) is 0 Å². The van der Waals surface area contributed by atoms with E-state index in [2.05, 4.69) is 10.9 Å². The molecule has 1 aromatic carbocycles. The van der Waals surface area contributed by atoms with Gasteiger partial charge in [0, 0.05) is 17.5 Å². The zero-order valence-corrected chi connectivity index (χ0v) is 9.67. The Hall–Kier alpha value is -1.52. The molecule has 1 heterocycles. The van der Waals surface area contributed by atoms with Crippen LogP contribution in [0.25, 0.3) is 10.9 Å². The molecule has 80 valence electrons. The first-order chi connectivity index (χ1) is 7.81. The Labute approximate surface area is 100 Å². The summed E-state index contributed by atoms with van der Waals surface area (Å²) in [5, 5.41) is 1.77. The molecule has 2 rings (SSSR count). The summed E-state index contributed by atoms with van der Waals surface area (Å²) in [5.41, 5.74) is 1.96. The molecule has 0 fully saturated rings. The molecule has 0 saturated carbocycles. The smallest absolute Gasteiger partial charge is 0.0720 e. The van der Waals surface area contributed by atoms with Crippen LogP contribution in [0.5, 0.6) is 0 Å². The van der Waals surface area contributed by atoms with Gasteiger partial charge in [-0.3, -0.25) is 4.98 Å². The fourth-order valence-electron chi connectivity index (χ4n) is 1.68. The van der Waals surface area contributed by atoms with Gasteiger partial charge in [-0.1, -0.05) is 29.8 Å². The third-order valence-corrected chi connectivity index (χ3v) is 2.79. The molecule has 0 N–H and O–H groups in total. The van der Waals surface area contributed by atoms with Gasteiger partial charge in [0.25, 0.3) is 0 Å². The quantitative estimate of drug-likeness (QED) is 0.576. The zero-order valence-electron chi connectivity index (χ0n) is 8.91. The SMILES string of the molecule is C#CCCCc1cc(Cl)c2ccccc2n1. The van der Waals surface area contributed by atoms with Crippen LogP contribution in [0.2, 0.25) is 5.02 Å². The van der Waals surface area contributed by atoms with Crippen LogP contribution < -0.4 is 0 Å². The van der Waals surface area contributed by atoms with Crippen molar-refractivity contribution < 1.29 is 0 Å². The van der Waals surface area contributed by atoms with Crippen molar-refractivity contribution in [3.8, 4) is 12.3 Å². The molecule has 16 heavy (non-hydrogen) atoms. The van der Waals surface area contributed by atoms with E-state index in [1.54, 1.807) is 0 Å². The number of pyridine rings is 1. The minimum Gasteiger partial charge on any atom is -0.253 e. The molecular formula is C14H12ClN. The van der Waals surface area contributed by atoms with Crippen molar-refractivity contribution in [1.82, 2.24) is 4.98 Å². The van der Waals surface area contributed by atoms with Gasteiger partial charge in [0.2, 0.25) is 0 Å². The highest BCUT2D eigenvalue weighted by Gasteiger charge is 2.02. The Morgan fingerprint density at radius 3 is 2.94 bits per heavy atom. The number of hydrogen-bond donors (Lipinski definition) is 0. The third-order valence-electron chi connectivity index (χ3n) is 2.47. The first-order valence-electron chi connectivity index (χ1n) is 5.29. The molecule has 2 heteroatoms. The second-order valence-electron chi connectivity index (χ2n) is 3.67. The molecule has 0 unspecified atom stereocenters. The molecule has 1 aromatic heterocycles. The lowest BCUT2D eigenvalue weighted by Crippen LogP contribution is -1.91. The van der Waals surface area contributed by atoms with Crippen LogP contribution in [0, 0.1) is 12.3 Å². The Kier molecular flexibility index (Phi) is 3.44. The maximum absolute atomic E-state index is 6.19. The van der Waals surface area contributed by atoms with Crippen LogP contribution in [0.3, 0.4) is 0 Å². The van der Waals surface area contributed by atoms with E-state index in [4.69, 9.17) is 18.0 Å². The summed E-state index contributed by atoms with van der Waals surface area (Å²) in [7, 11) is 0. The van der Waals surface area contributed by atoms with Crippen LogP contribution in [-0.2, 0) is 6.42 Å². The number of rotatable bonds is 3. The highest BCUT2D eigenvalue weighted by molar-refractivity contribution is 6.35. The van der Waals surface area contributed by atoms with Crippen LogP contribution in [0.4, 0.5) is 0 Å². The lowest BCUT2D eigenvalue weighted by molar-refractivity contribution is 0.836. The molecule has 0 aliphatic rings. The van der Waals surface area contributed by atoms with E-state index in [9.17, 15) is 0 Å².